The highest BCUT2D eigenvalue weighted by Gasteiger charge is 2.65. The molecule has 1 spiro atoms. The molecule has 0 heterocycles. The Morgan fingerprint density at radius 3 is 2.54 bits per heavy atom. The standard InChI is InChI=1S/C18H25NO5/c1-10-13-12(8-16(3,15(13)21)9-24-11(2)20)14(19-23-5)17(4,22)18(10)6-7-18/h8,15,21-22H,6-7,9H2,1-5H3/b19-14+/t15-,16+,17+/m1/s1. The lowest BCUT2D eigenvalue weighted by Gasteiger charge is -2.41. The molecule has 0 unspecified atom stereocenters. The number of nitrogens with zero attached hydrogens (tertiary/aromatic N) is 1. The SMILES string of the molecule is CO/N=C1\C2=C[C@@](C)(COC(C)=O)[C@H](O)C2=C(C)C2(CC2)[C@@]1(C)O. The molecule has 3 aliphatic rings. The average Bonchev–Trinajstić information content (AvgIpc) is 3.26. The molecule has 0 aromatic rings. The van der Waals surface area contributed by atoms with Gasteiger partial charge in [0.05, 0.1) is 11.5 Å². The topological polar surface area (TPSA) is 88.4 Å². The van der Waals surface area contributed by atoms with E-state index in [1.807, 2.05) is 19.9 Å². The first-order valence-electron chi connectivity index (χ1n) is 8.21. The van der Waals surface area contributed by atoms with Gasteiger partial charge in [-0.15, -0.1) is 0 Å². The summed E-state index contributed by atoms with van der Waals surface area (Å²) in [6.07, 6.45) is 2.72. The van der Waals surface area contributed by atoms with Gasteiger partial charge in [0.25, 0.3) is 0 Å². The normalized spacial score (nSPS) is 38.2. The van der Waals surface area contributed by atoms with Gasteiger partial charge in [0.2, 0.25) is 0 Å². The predicted molar refractivity (Wildman–Crippen MR) is 88.3 cm³/mol. The number of carbonyl (C=O) groups excluding carboxylic acids is 1. The zero-order valence-corrected chi connectivity index (χ0v) is 14.8. The third-order valence-corrected chi connectivity index (χ3v) is 5.95. The van der Waals surface area contributed by atoms with Crippen molar-refractivity contribution in [3.05, 3.63) is 22.8 Å². The summed E-state index contributed by atoms with van der Waals surface area (Å²) in [5.74, 6) is -0.390. The van der Waals surface area contributed by atoms with E-state index in [-0.39, 0.29) is 12.6 Å². The summed E-state index contributed by atoms with van der Waals surface area (Å²) in [5, 5.41) is 26.2. The molecule has 3 atom stereocenters. The molecule has 0 saturated heterocycles. The van der Waals surface area contributed by atoms with Crippen molar-refractivity contribution in [2.45, 2.75) is 52.2 Å². The minimum absolute atomic E-state index is 0.0686. The summed E-state index contributed by atoms with van der Waals surface area (Å²) in [5.41, 5.74) is 0.590. The summed E-state index contributed by atoms with van der Waals surface area (Å²) in [6, 6.07) is 0. The van der Waals surface area contributed by atoms with Gasteiger partial charge in [-0.1, -0.05) is 16.8 Å². The Kier molecular flexibility index (Phi) is 3.70. The maximum Gasteiger partial charge on any atom is 0.302 e. The first-order chi connectivity index (χ1) is 11.1. The molecule has 6 heteroatoms. The highest BCUT2D eigenvalue weighted by atomic mass is 16.6. The Hall–Kier alpha value is -1.66. The smallest absolute Gasteiger partial charge is 0.302 e. The minimum atomic E-state index is -1.16. The number of aliphatic hydroxyl groups is 2. The van der Waals surface area contributed by atoms with Gasteiger partial charge in [-0.2, -0.15) is 0 Å². The fourth-order valence-corrected chi connectivity index (χ4v) is 4.27. The van der Waals surface area contributed by atoms with Gasteiger partial charge in [0, 0.05) is 17.9 Å². The molecule has 0 bridgehead atoms. The van der Waals surface area contributed by atoms with E-state index in [4.69, 9.17) is 9.57 Å². The van der Waals surface area contributed by atoms with Gasteiger partial charge in [-0.05, 0) is 39.2 Å². The fourth-order valence-electron chi connectivity index (χ4n) is 4.27. The number of ether oxygens (including phenoxy) is 1. The Morgan fingerprint density at radius 1 is 1.42 bits per heavy atom. The van der Waals surface area contributed by atoms with Crippen LogP contribution in [-0.2, 0) is 14.4 Å². The molecule has 0 aromatic heterocycles. The van der Waals surface area contributed by atoms with Crippen LogP contribution in [0.25, 0.3) is 0 Å². The summed E-state index contributed by atoms with van der Waals surface area (Å²) < 4.78 is 5.16. The van der Waals surface area contributed by atoms with E-state index in [2.05, 4.69) is 5.16 Å². The van der Waals surface area contributed by atoms with Crippen LogP contribution < -0.4 is 0 Å². The van der Waals surface area contributed by atoms with Crippen LogP contribution in [0, 0.1) is 10.8 Å². The van der Waals surface area contributed by atoms with E-state index < -0.39 is 22.5 Å². The molecule has 0 radical (unpaired) electrons. The lowest BCUT2D eigenvalue weighted by molar-refractivity contribution is -0.144. The maximum absolute atomic E-state index is 11.2. The molecule has 1 fully saturated rings. The van der Waals surface area contributed by atoms with Crippen molar-refractivity contribution < 1.29 is 24.6 Å². The quantitative estimate of drug-likeness (QED) is 0.606. The van der Waals surface area contributed by atoms with Crippen molar-refractivity contribution in [1.82, 2.24) is 0 Å². The van der Waals surface area contributed by atoms with Gasteiger partial charge in [-0.25, -0.2) is 0 Å². The molecule has 132 valence electrons. The molecule has 24 heavy (non-hydrogen) atoms. The molecule has 1 saturated carbocycles. The van der Waals surface area contributed by atoms with Crippen molar-refractivity contribution in [2.75, 3.05) is 13.7 Å². The van der Waals surface area contributed by atoms with E-state index in [9.17, 15) is 15.0 Å². The molecule has 3 aliphatic carbocycles. The number of fused-ring (bicyclic) bond motifs is 1. The van der Waals surface area contributed by atoms with E-state index in [1.165, 1.54) is 14.0 Å². The van der Waals surface area contributed by atoms with Crippen LogP contribution in [0.5, 0.6) is 0 Å². The van der Waals surface area contributed by atoms with E-state index in [1.54, 1.807) is 6.92 Å². The first kappa shape index (κ1) is 17.2. The maximum atomic E-state index is 11.2. The van der Waals surface area contributed by atoms with Crippen LogP contribution in [0.3, 0.4) is 0 Å². The second-order valence-corrected chi connectivity index (χ2v) is 7.56. The Morgan fingerprint density at radius 2 is 2.04 bits per heavy atom. The summed E-state index contributed by atoms with van der Waals surface area (Å²) in [7, 11) is 1.44. The van der Waals surface area contributed by atoms with Crippen LogP contribution >= 0.6 is 0 Å². The minimum Gasteiger partial charge on any atom is -0.465 e. The van der Waals surface area contributed by atoms with Crippen LogP contribution in [0.1, 0.15) is 40.5 Å². The molecule has 0 aromatic carbocycles. The monoisotopic (exact) mass is 335 g/mol. The second kappa shape index (κ2) is 5.17. The molecule has 6 nitrogen and oxygen atoms in total. The fraction of sp³-hybridized carbons (Fsp3) is 0.667. The Bertz CT molecular complexity index is 684. The summed E-state index contributed by atoms with van der Waals surface area (Å²) >= 11 is 0. The van der Waals surface area contributed by atoms with E-state index in [0.29, 0.717) is 11.3 Å². The molecule has 0 amide bonds. The lowest BCUT2D eigenvalue weighted by Crippen LogP contribution is -2.50. The third-order valence-electron chi connectivity index (χ3n) is 5.95. The Balaban J connectivity index is 2.14. The van der Waals surface area contributed by atoms with Crippen LogP contribution in [0.2, 0.25) is 0 Å². The number of oxime groups is 1. The van der Waals surface area contributed by atoms with Gasteiger partial charge in [-0.3, -0.25) is 4.79 Å². The van der Waals surface area contributed by atoms with Crippen LogP contribution in [0.4, 0.5) is 0 Å². The number of carbonyl (C=O) groups is 1. The van der Waals surface area contributed by atoms with Gasteiger partial charge in [0.15, 0.2) is 0 Å². The van der Waals surface area contributed by atoms with Gasteiger partial charge in [0.1, 0.15) is 25.0 Å². The summed E-state index contributed by atoms with van der Waals surface area (Å²) in [6.45, 7) is 6.98. The van der Waals surface area contributed by atoms with Crippen LogP contribution in [-0.4, -0.2) is 47.3 Å². The lowest BCUT2D eigenvalue weighted by atomic mass is 9.67. The van der Waals surface area contributed by atoms with Gasteiger partial charge >= 0.3 is 5.97 Å². The predicted octanol–water partition coefficient (Wildman–Crippen LogP) is 1.72. The van der Waals surface area contributed by atoms with Crippen molar-refractivity contribution in [3.63, 3.8) is 0 Å². The van der Waals surface area contributed by atoms with Crippen molar-refractivity contribution in [2.24, 2.45) is 16.0 Å². The largest absolute Gasteiger partial charge is 0.465 e. The Labute approximate surface area is 141 Å². The molecular weight excluding hydrogens is 310 g/mol. The highest BCUT2D eigenvalue weighted by Crippen LogP contribution is 2.65. The number of hydrogen-bond acceptors (Lipinski definition) is 6. The number of hydrogen-bond donors (Lipinski definition) is 2. The number of esters is 1. The molecule has 3 rings (SSSR count). The number of aliphatic hydroxyl groups excluding tert-OH is 1. The zero-order chi connectivity index (χ0) is 17.9. The van der Waals surface area contributed by atoms with Crippen molar-refractivity contribution in [1.29, 1.82) is 0 Å². The summed E-state index contributed by atoms with van der Waals surface area (Å²) in [4.78, 5) is 16.2. The molecule has 0 aliphatic heterocycles. The molecule has 2 N–H and O–H groups in total. The van der Waals surface area contributed by atoms with E-state index in [0.717, 1.165) is 24.0 Å². The van der Waals surface area contributed by atoms with Crippen molar-refractivity contribution >= 4 is 11.7 Å². The van der Waals surface area contributed by atoms with E-state index >= 15 is 0 Å². The third kappa shape index (κ3) is 2.09. The van der Waals surface area contributed by atoms with Gasteiger partial charge < -0.3 is 19.8 Å². The first-order valence-corrected chi connectivity index (χ1v) is 8.21. The zero-order valence-electron chi connectivity index (χ0n) is 14.8. The number of rotatable bonds is 3. The molecular formula is C18H25NO5. The highest BCUT2D eigenvalue weighted by molar-refractivity contribution is 6.12. The van der Waals surface area contributed by atoms with Crippen molar-refractivity contribution in [3.8, 4) is 0 Å². The second-order valence-electron chi connectivity index (χ2n) is 7.56. The average molecular weight is 335 g/mol. The van der Waals surface area contributed by atoms with Crippen LogP contribution in [0.15, 0.2) is 28.0 Å².